The van der Waals surface area contributed by atoms with E-state index < -0.39 is 10.4 Å². The van der Waals surface area contributed by atoms with Gasteiger partial charge in [0.05, 0.1) is 0 Å². The molecule has 0 aliphatic rings. The van der Waals surface area contributed by atoms with E-state index in [9.17, 15) is 0 Å². The molecule has 0 atom stereocenters. The summed E-state index contributed by atoms with van der Waals surface area (Å²) in [6, 6.07) is 0. The Morgan fingerprint density at radius 3 is 1.60 bits per heavy atom. The first-order valence-electron chi connectivity index (χ1n) is 4.19. The van der Waals surface area contributed by atoms with Crippen molar-refractivity contribution in [2.24, 2.45) is 0 Å². The van der Waals surface area contributed by atoms with Gasteiger partial charge in [0, 0.05) is 17.0 Å². The average Bonchev–Trinajstić information content (AvgIpc) is 1.95. The molecule has 82 valence electrons. The Bertz CT molecular complexity index is 170. The molecule has 0 amide bonds. The van der Waals surface area contributed by atoms with Gasteiger partial charge >= 0.3 is 59.1 Å². The Morgan fingerprint density at radius 1 is 1.00 bits per heavy atom. The van der Waals surface area contributed by atoms with E-state index in [1.54, 1.807) is 0 Å². The molecule has 0 spiro atoms. The van der Waals surface area contributed by atoms with Crippen LogP contribution in [0.1, 0.15) is 39.0 Å². The average molecular weight is 258 g/mol. The van der Waals surface area contributed by atoms with E-state index in [0.717, 1.165) is 6.42 Å². The fourth-order valence-electron chi connectivity index (χ4n) is 0.715. The number of aliphatic hydroxyl groups is 1. The zero-order valence-corrected chi connectivity index (χ0v) is 14.5. The Labute approximate surface area is 136 Å². The number of unbranched alkanes of at least 4 members (excludes halogenated alkanes) is 4. The van der Waals surface area contributed by atoms with Gasteiger partial charge in [-0.15, -0.1) is 0 Å². The molecule has 0 saturated heterocycles. The quantitative estimate of drug-likeness (QED) is 0.230. The van der Waals surface area contributed by atoms with Crippen molar-refractivity contribution >= 4 is 10.4 Å². The molecule has 0 aliphatic heterocycles. The maximum atomic E-state index is 8.52. The zero-order valence-electron chi connectivity index (χ0n) is 9.73. The van der Waals surface area contributed by atoms with Gasteiger partial charge in [0.2, 0.25) is 0 Å². The number of aliphatic hydroxyl groups excluding tert-OH is 1. The van der Waals surface area contributed by atoms with Gasteiger partial charge in [-0.05, 0) is 6.42 Å². The second-order valence-corrected chi connectivity index (χ2v) is 3.36. The molecule has 0 radical (unpaired) electrons. The SMILES string of the molecule is CCCCCCCO.O=S(=O)([O-])[O-].[Na+].[Na+]. The van der Waals surface area contributed by atoms with Crippen molar-refractivity contribution in [2.45, 2.75) is 39.0 Å². The van der Waals surface area contributed by atoms with E-state index >= 15 is 0 Å². The van der Waals surface area contributed by atoms with Crippen LogP contribution in [-0.4, -0.2) is 29.2 Å². The Hall–Kier alpha value is 1.83. The smallest absolute Gasteiger partial charge is 0.759 e. The maximum Gasteiger partial charge on any atom is 1.00 e. The van der Waals surface area contributed by atoms with Crippen molar-refractivity contribution in [3.05, 3.63) is 0 Å². The van der Waals surface area contributed by atoms with Gasteiger partial charge in [-0.3, -0.25) is 8.42 Å². The van der Waals surface area contributed by atoms with Crippen LogP contribution in [-0.2, 0) is 10.4 Å². The van der Waals surface area contributed by atoms with Gasteiger partial charge in [0.25, 0.3) is 0 Å². The van der Waals surface area contributed by atoms with E-state index in [1.807, 2.05) is 0 Å². The van der Waals surface area contributed by atoms with Crippen molar-refractivity contribution in [3.63, 3.8) is 0 Å². The molecule has 0 unspecified atom stereocenters. The van der Waals surface area contributed by atoms with Crippen LogP contribution in [0.25, 0.3) is 0 Å². The van der Waals surface area contributed by atoms with Crippen molar-refractivity contribution in [1.29, 1.82) is 0 Å². The topological polar surface area (TPSA) is 100 Å². The van der Waals surface area contributed by atoms with Crippen LogP contribution in [0.4, 0.5) is 0 Å². The molecule has 1 N–H and O–H groups in total. The molecule has 0 saturated carbocycles. The minimum absolute atomic E-state index is 0. The monoisotopic (exact) mass is 258 g/mol. The van der Waals surface area contributed by atoms with Crippen molar-refractivity contribution in [3.8, 4) is 0 Å². The molecular weight excluding hydrogens is 242 g/mol. The molecule has 0 heterocycles. The molecule has 0 aliphatic carbocycles. The summed E-state index contributed by atoms with van der Waals surface area (Å²) in [4.78, 5) is 0. The van der Waals surface area contributed by atoms with Crippen LogP contribution in [0.3, 0.4) is 0 Å². The zero-order chi connectivity index (χ0) is 10.7. The van der Waals surface area contributed by atoms with Crippen molar-refractivity contribution in [2.75, 3.05) is 6.61 Å². The van der Waals surface area contributed by atoms with Crippen LogP contribution >= 0.6 is 0 Å². The maximum absolute atomic E-state index is 8.52. The fraction of sp³-hybridized carbons (Fsp3) is 1.00. The second kappa shape index (κ2) is 18.2. The van der Waals surface area contributed by atoms with E-state index in [2.05, 4.69) is 6.92 Å². The Balaban J connectivity index is -0.0000000770. The molecule has 5 nitrogen and oxygen atoms in total. The Kier molecular flexibility index (Phi) is 31.1. The number of hydrogen-bond acceptors (Lipinski definition) is 5. The number of hydrogen-bond donors (Lipinski definition) is 1. The molecule has 0 fully saturated rings. The molecule has 8 heteroatoms. The van der Waals surface area contributed by atoms with Crippen LogP contribution in [0.2, 0.25) is 0 Å². The minimum Gasteiger partial charge on any atom is -0.759 e. The van der Waals surface area contributed by atoms with Gasteiger partial charge in [-0.25, -0.2) is 0 Å². The third-order valence-corrected chi connectivity index (χ3v) is 1.26. The van der Waals surface area contributed by atoms with Crippen LogP contribution < -0.4 is 59.1 Å². The molecule has 0 rings (SSSR count). The summed E-state index contributed by atoms with van der Waals surface area (Å²) in [5.41, 5.74) is 0. The second-order valence-electron chi connectivity index (χ2n) is 2.55. The predicted octanol–water partition coefficient (Wildman–Crippen LogP) is -5.38. The van der Waals surface area contributed by atoms with Crippen LogP contribution in [0.5, 0.6) is 0 Å². The molecule has 0 bridgehead atoms. The minimum atomic E-state index is -5.17. The van der Waals surface area contributed by atoms with Crippen molar-refractivity contribution in [1.82, 2.24) is 0 Å². The van der Waals surface area contributed by atoms with Crippen LogP contribution in [0.15, 0.2) is 0 Å². The molecular formula is C7H16Na2O5S. The molecule has 0 aromatic rings. The summed E-state index contributed by atoms with van der Waals surface area (Å²) < 4.78 is 34.1. The summed E-state index contributed by atoms with van der Waals surface area (Å²) in [6.45, 7) is 2.56. The van der Waals surface area contributed by atoms with Crippen LogP contribution in [0, 0.1) is 0 Å². The van der Waals surface area contributed by atoms with Gasteiger partial charge in [0.1, 0.15) is 0 Å². The van der Waals surface area contributed by atoms with Gasteiger partial charge in [-0.2, -0.15) is 0 Å². The third-order valence-electron chi connectivity index (χ3n) is 1.26. The summed E-state index contributed by atoms with van der Waals surface area (Å²) in [7, 11) is -5.17. The molecule has 15 heavy (non-hydrogen) atoms. The first kappa shape index (κ1) is 25.6. The first-order chi connectivity index (χ1) is 5.91. The summed E-state index contributed by atoms with van der Waals surface area (Å²) >= 11 is 0. The van der Waals surface area contributed by atoms with E-state index in [-0.39, 0.29) is 59.1 Å². The first-order valence-corrected chi connectivity index (χ1v) is 5.52. The summed E-state index contributed by atoms with van der Waals surface area (Å²) in [5.74, 6) is 0. The predicted molar refractivity (Wildman–Crippen MR) is 46.3 cm³/mol. The summed E-state index contributed by atoms with van der Waals surface area (Å²) in [6.07, 6.45) is 6.08. The normalized spacial score (nSPS) is 9.07. The van der Waals surface area contributed by atoms with E-state index in [1.165, 1.54) is 25.7 Å². The van der Waals surface area contributed by atoms with Crippen molar-refractivity contribution < 1.29 is 81.7 Å². The molecule has 0 aromatic carbocycles. The van der Waals surface area contributed by atoms with E-state index in [0.29, 0.717) is 6.61 Å². The standard InChI is InChI=1S/C7H16O.2Na.H2O4S/c1-2-3-4-5-6-7-8;;;1-5(2,3)4/h8H,2-7H2,1H3;;;(H2,1,2,3,4)/q;2*+1;/p-2. The van der Waals surface area contributed by atoms with Gasteiger partial charge in [-0.1, -0.05) is 32.6 Å². The largest absolute Gasteiger partial charge is 1.00 e. The Morgan fingerprint density at radius 2 is 1.33 bits per heavy atom. The number of rotatable bonds is 5. The fourth-order valence-corrected chi connectivity index (χ4v) is 0.715. The molecule has 0 aromatic heterocycles. The van der Waals surface area contributed by atoms with Gasteiger partial charge < -0.3 is 14.2 Å². The summed E-state index contributed by atoms with van der Waals surface area (Å²) in [5, 5.41) is 8.37. The third kappa shape index (κ3) is 64.9. The van der Waals surface area contributed by atoms with Gasteiger partial charge in [0.15, 0.2) is 0 Å². The van der Waals surface area contributed by atoms with E-state index in [4.69, 9.17) is 22.6 Å².